The van der Waals surface area contributed by atoms with E-state index in [2.05, 4.69) is 33.0 Å². The van der Waals surface area contributed by atoms with Gasteiger partial charge in [-0.25, -0.2) is 0 Å². The van der Waals surface area contributed by atoms with Crippen LogP contribution >= 0.6 is 27.5 Å². The van der Waals surface area contributed by atoms with Gasteiger partial charge in [-0.3, -0.25) is 4.98 Å². The quantitative estimate of drug-likeness (QED) is 0.566. The summed E-state index contributed by atoms with van der Waals surface area (Å²) in [5.74, 6) is 0.561. The van der Waals surface area contributed by atoms with E-state index in [-0.39, 0.29) is 5.92 Å². The van der Waals surface area contributed by atoms with E-state index in [0.29, 0.717) is 22.9 Å². The van der Waals surface area contributed by atoms with Crippen LogP contribution in [0.1, 0.15) is 35.6 Å². The lowest BCUT2D eigenvalue weighted by molar-refractivity contribution is -0.107. The standard InChI is InChI=1S/C22H17BrClNO2/c23-16-8-6-15(7-9-16)22-18(14-4-2-1-3-5-14)10-11-21(22,26)20-19(27-22)12-17(24)13-25-20/h1-9,12-13,18,26H,10-11H2/t18-,21?,22?/m0/s1. The van der Waals surface area contributed by atoms with Crippen LogP contribution in [0.4, 0.5) is 0 Å². The predicted octanol–water partition coefficient (Wildman–Crippen LogP) is 5.55. The maximum Gasteiger partial charge on any atom is 0.175 e. The molecular weight excluding hydrogens is 426 g/mol. The minimum atomic E-state index is -1.21. The first-order chi connectivity index (χ1) is 13.0. The van der Waals surface area contributed by atoms with Crippen LogP contribution in [0.2, 0.25) is 5.02 Å². The van der Waals surface area contributed by atoms with Crippen molar-refractivity contribution in [2.75, 3.05) is 0 Å². The second-order valence-electron chi connectivity index (χ2n) is 7.21. The van der Waals surface area contributed by atoms with Crippen molar-refractivity contribution in [2.24, 2.45) is 0 Å². The zero-order valence-electron chi connectivity index (χ0n) is 14.4. The van der Waals surface area contributed by atoms with Crippen molar-refractivity contribution in [3.8, 4) is 5.75 Å². The number of rotatable bonds is 2. The molecule has 136 valence electrons. The zero-order valence-corrected chi connectivity index (χ0v) is 16.7. The molecule has 0 radical (unpaired) electrons. The largest absolute Gasteiger partial charge is 0.476 e. The van der Waals surface area contributed by atoms with Crippen molar-refractivity contribution in [1.82, 2.24) is 4.98 Å². The van der Waals surface area contributed by atoms with Gasteiger partial charge in [-0.15, -0.1) is 0 Å². The molecule has 1 fully saturated rings. The number of hydrogen-bond donors (Lipinski definition) is 1. The zero-order chi connectivity index (χ0) is 18.6. The summed E-state index contributed by atoms with van der Waals surface area (Å²) in [5, 5.41) is 12.4. The molecule has 2 aliphatic rings. The minimum Gasteiger partial charge on any atom is -0.476 e. The lowest BCUT2D eigenvalue weighted by Gasteiger charge is -2.39. The van der Waals surface area contributed by atoms with E-state index in [4.69, 9.17) is 16.3 Å². The van der Waals surface area contributed by atoms with Gasteiger partial charge in [0, 0.05) is 22.7 Å². The first-order valence-electron chi connectivity index (χ1n) is 8.93. The van der Waals surface area contributed by atoms with Crippen molar-refractivity contribution in [1.29, 1.82) is 0 Å². The monoisotopic (exact) mass is 441 g/mol. The van der Waals surface area contributed by atoms with Crippen LogP contribution in [0.15, 0.2) is 71.3 Å². The molecule has 27 heavy (non-hydrogen) atoms. The van der Waals surface area contributed by atoms with Crippen molar-refractivity contribution in [3.05, 3.63) is 93.2 Å². The number of aliphatic hydroxyl groups is 1. The number of pyridine rings is 1. The van der Waals surface area contributed by atoms with Crippen molar-refractivity contribution >= 4 is 27.5 Å². The Morgan fingerprint density at radius 1 is 1.11 bits per heavy atom. The Bertz CT molecular complexity index is 1010. The van der Waals surface area contributed by atoms with Crippen LogP contribution < -0.4 is 4.74 Å². The molecule has 1 aromatic heterocycles. The molecule has 3 nitrogen and oxygen atoms in total. The first kappa shape index (κ1) is 17.2. The SMILES string of the molecule is OC12CC[C@@H](c3ccccc3)C1(c1ccc(Br)cc1)Oc1cc(Cl)cnc12. The number of nitrogens with zero attached hydrogens (tertiary/aromatic N) is 1. The fourth-order valence-corrected chi connectivity index (χ4v) is 5.16. The number of ether oxygens (including phenoxy) is 1. The van der Waals surface area contributed by atoms with Gasteiger partial charge >= 0.3 is 0 Å². The van der Waals surface area contributed by atoms with Gasteiger partial charge in [-0.2, -0.15) is 0 Å². The van der Waals surface area contributed by atoms with Gasteiger partial charge in [-0.1, -0.05) is 70.0 Å². The molecule has 3 aromatic rings. The number of benzene rings is 2. The van der Waals surface area contributed by atoms with E-state index in [1.54, 1.807) is 12.3 Å². The smallest absolute Gasteiger partial charge is 0.175 e. The number of fused-ring (bicyclic) bond motifs is 3. The molecule has 1 aliphatic carbocycles. The molecule has 1 aliphatic heterocycles. The summed E-state index contributed by atoms with van der Waals surface area (Å²) in [6, 6.07) is 20.0. The Morgan fingerprint density at radius 2 is 1.85 bits per heavy atom. The molecule has 5 rings (SSSR count). The highest BCUT2D eigenvalue weighted by molar-refractivity contribution is 9.10. The molecule has 1 saturated carbocycles. The molecular formula is C22H17BrClNO2. The van der Waals surface area contributed by atoms with Gasteiger partial charge in [0.2, 0.25) is 0 Å². The summed E-state index contributed by atoms with van der Waals surface area (Å²) in [5.41, 5.74) is 0.522. The summed E-state index contributed by atoms with van der Waals surface area (Å²) in [4.78, 5) is 4.47. The highest BCUT2D eigenvalue weighted by Crippen LogP contribution is 2.66. The van der Waals surface area contributed by atoms with Gasteiger partial charge in [-0.05, 0) is 36.1 Å². The molecule has 5 heteroatoms. The molecule has 3 atom stereocenters. The third kappa shape index (κ3) is 2.33. The summed E-state index contributed by atoms with van der Waals surface area (Å²) >= 11 is 9.66. The molecule has 1 N–H and O–H groups in total. The van der Waals surface area contributed by atoms with E-state index < -0.39 is 11.2 Å². The van der Waals surface area contributed by atoms with Crippen LogP contribution in [0.5, 0.6) is 5.75 Å². The van der Waals surface area contributed by atoms with Crippen LogP contribution in [0.25, 0.3) is 0 Å². The maximum atomic E-state index is 11.9. The second-order valence-corrected chi connectivity index (χ2v) is 8.56. The number of hydrogen-bond acceptors (Lipinski definition) is 3. The maximum absolute atomic E-state index is 11.9. The van der Waals surface area contributed by atoms with E-state index >= 15 is 0 Å². The van der Waals surface area contributed by atoms with Crippen molar-refractivity contribution in [2.45, 2.75) is 30.0 Å². The van der Waals surface area contributed by atoms with Crippen LogP contribution in [0.3, 0.4) is 0 Å². The molecule has 0 bridgehead atoms. The highest BCUT2D eigenvalue weighted by Gasteiger charge is 2.69. The second kappa shape index (κ2) is 6.06. The van der Waals surface area contributed by atoms with Gasteiger partial charge in [0.15, 0.2) is 11.2 Å². The fraction of sp³-hybridized carbons (Fsp3) is 0.227. The molecule has 0 saturated heterocycles. The Kier molecular flexibility index (Phi) is 3.87. The molecule has 2 aromatic carbocycles. The first-order valence-corrected chi connectivity index (χ1v) is 10.1. The third-order valence-electron chi connectivity index (χ3n) is 5.86. The normalized spacial score (nSPS) is 28.5. The molecule has 2 unspecified atom stereocenters. The molecule has 2 heterocycles. The molecule has 0 amide bonds. The Labute approximate surface area is 171 Å². The Balaban J connectivity index is 1.77. The van der Waals surface area contributed by atoms with E-state index in [1.807, 2.05) is 42.5 Å². The lowest BCUT2D eigenvalue weighted by atomic mass is 9.73. The van der Waals surface area contributed by atoms with E-state index in [1.165, 1.54) is 0 Å². The Morgan fingerprint density at radius 3 is 2.59 bits per heavy atom. The summed E-state index contributed by atoms with van der Waals surface area (Å²) < 4.78 is 7.57. The van der Waals surface area contributed by atoms with Crippen molar-refractivity contribution in [3.63, 3.8) is 0 Å². The summed E-state index contributed by atoms with van der Waals surface area (Å²) in [6.45, 7) is 0. The van der Waals surface area contributed by atoms with Gasteiger partial charge in [0.05, 0.1) is 5.02 Å². The van der Waals surface area contributed by atoms with E-state index in [9.17, 15) is 5.11 Å². The average molecular weight is 443 g/mol. The fourth-order valence-electron chi connectivity index (χ4n) is 4.75. The minimum absolute atomic E-state index is 0.00199. The summed E-state index contributed by atoms with van der Waals surface area (Å²) in [6.07, 6.45) is 2.96. The van der Waals surface area contributed by atoms with Gasteiger partial charge in [0.1, 0.15) is 11.4 Å². The van der Waals surface area contributed by atoms with Crippen LogP contribution in [-0.4, -0.2) is 10.1 Å². The lowest BCUT2D eigenvalue weighted by Crippen LogP contribution is -2.48. The van der Waals surface area contributed by atoms with Crippen molar-refractivity contribution < 1.29 is 9.84 Å². The topological polar surface area (TPSA) is 42.4 Å². The van der Waals surface area contributed by atoms with Gasteiger partial charge < -0.3 is 9.84 Å². The highest BCUT2D eigenvalue weighted by atomic mass is 79.9. The third-order valence-corrected chi connectivity index (χ3v) is 6.59. The molecule has 0 spiro atoms. The van der Waals surface area contributed by atoms with Crippen LogP contribution in [-0.2, 0) is 11.2 Å². The Hall–Kier alpha value is -1.88. The summed E-state index contributed by atoms with van der Waals surface area (Å²) in [7, 11) is 0. The predicted molar refractivity (Wildman–Crippen MR) is 108 cm³/mol. The average Bonchev–Trinajstić information content (AvgIpc) is 3.10. The van der Waals surface area contributed by atoms with Gasteiger partial charge in [0.25, 0.3) is 0 Å². The number of halogens is 2. The van der Waals surface area contributed by atoms with Crippen LogP contribution in [0, 0.1) is 0 Å². The number of aromatic nitrogens is 1. The van der Waals surface area contributed by atoms with E-state index in [0.717, 1.165) is 22.0 Å².